The van der Waals surface area contributed by atoms with Gasteiger partial charge in [0.25, 0.3) is 0 Å². The maximum absolute atomic E-state index is 12.0. The number of nitrogens with one attached hydrogen (secondary N) is 2. The highest BCUT2D eigenvalue weighted by Crippen LogP contribution is 2.35. The first-order chi connectivity index (χ1) is 10.1. The molecule has 3 rings (SSSR count). The van der Waals surface area contributed by atoms with Crippen LogP contribution < -0.4 is 5.32 Å². The van der Waals surface area contributed by atoms with Gasteiger partial charge in [0.1, 0.15) is 0 Å². The van der Waals surface area contributed by atoms with E-state index in [1.165, 1.54) is 0 Å². The first kappa shape index (κ1) is 13.2. The van der Waals surface area contributed by atoms with Crippen LogP contribution in [0.15, 0.2) is 24.3 Å². The second-order valence-corrected chi connectivity index (χ2v) is 4.93. The molecule has 2 unspecified atom stereocenters. The number of benzene rings is 1. The van der Waals surface area contributed by atoms with Crippen molar-refractivity contribution in [2.75, 3.05) is 5.32 Å². The number of carbonyl (C=O) groups excluding carboxylic acids is 1. The number of aliphatic carboxylic acids is 1. The molecule has 8 nitrogen and oxygen atoms in total. The Morgan fingerprint density at radius 2 is 1.90 bits per heavy atom. The number of carboxylic acids is 1. The number of H-pyrrole nitrogens is 1. The highest BCUT2D eigenvalue weighted by molar-refractivity contribution is 5.96. The number of amides is 1. The fourth-order valence-corrected chi connectivity index (χ4v) is 2.33. The molecule has 0 radical (unpaired) electrons. The van der Waals surface area contributed by atoms with Crippen molar-refractivity contribution in [2.45, 2.75) is 12.8 Å². The van der Waals surface area contributed by atoms with Gasteiger partial charge in [-0.15, -0.1) is 10.2 Å². The van der Waals surface area contributed by atoms with Gasteiger partial charge in [-0.25, -0.2) is 0 Å². The van der Waals surface area contributed by atoms with E-state index in [0.29, 0.717) is 24.4 Å². The molecule has 21 heavy (non-hydrogen) atoms. The molecule has 108 valence electrons. The van der Waals surface area contributed by atoms with Gasteiger partial charge in [0.05, 0.1) is 11.8 Å². The Kier molecular flexibility index (Phi) is 3.35. The Morgan fingerprint density at radius 3 is 2.43 bits per heavy atom. The van der Waals surface area contributed by atoms with Crippen LogP contribution in [0.25, 0.3) is 11.4 Å². The van der Waals surface area contributed by atoms with E-state index in [9.17, 15) is 9.59 Å². The summed E-state index contributed by atoms with van der Waals surface area (Å²) >= 11 is 0. The number of anilines is 1. The van der Waals surface area contributed by atoms with Gasteiger partial charge in [0.15, 0.2) is 0 Å². The standard InChI is InChI=1S/C13H13N5O3/c19-12(9-5-6-10(9)13(20)21)14-8-3-1-7(2-4-8)11-15-17-18-16-11/h1-4,9-10H,5-6H2,(H,14,19)(H,20,21)(H,15,16,17,18). The van der Waals surface area contributed by atoms with E-state index in [1.54, 1.807) is 24.3 Å². The van der Waals surface area contributed by atoms with Crippen molar-refractivity contribution in [1.82, 2.24) is 20.6 Å². The van der Waals surface area contributed by atoms with Crippen LogP contribution in [0.4, 0.5) is 5.69 Å². The Bertz CT molecular complexity index is 653. The minimum Gasteiger partial charge on any atom is -0.481 e. The molecule has 0 aliphatic heterocycles. The zero-order valence-corrected chi connectivity index (χ0v) is 11.0. The lowest BCUT2D eigenvalue weighted by Crippen LogP contribution is -2.41. The topological polar surface area (TPSA) is 121 Å². The minimum atomic E-state index is -0.908. The fourth-order valence-electron chi connectivity index (χ4n) is 2.33. The lowest BCUT2D eigenvalue weighted by atomic mass is 9.73. The minimum absolute atomic E-state index is 0.249. The molecule has 1 saturated carbocycles. The molecule has 0 saturated heterocycles. The highest BCUT2D eigenvalue weighted by Gasteiger charge is 2.41. The molecular formula is C13H13N5O3. The Hall–Kier alpha value is -2.77. The number of hydrogen-bond donors (Lipinski definition) is 3. The number of carbonyl (C=O) groups is 2. The van der Waals surface area contributed by atoms with E-state index in [4.69, 9.17) is 5.11 Å². The lowest BCUT2D eigenvalue weighted by molar-refractivity contribution is -0.151. The zero-order chi connectivity index (χ0) is 14.8. The van der Waals surface area contributed by atoms with E-state index in [0.717, 1.165) is 5.56 Å². The molecule has 1 amide bonds. The van der Waals surface area contributed by atoms with E-state index < -0.39 is 17.8 Å². The summed E-state index contributed by atoms with van der Waals surface area (Å²) in [7, 11) is 0. The van der Waals surface area contributed by atoms with Crippen LogP contribution in [-0.4, -0.2) is 37.6 Å². The van der Waals surface area contributed by atoms with Gasteiger partial charge < -0.3 is 10.4 Å². The van der Waals surface area contributed by atoms with E-state index in [-0.39, 0.29) is 5.91 Å². The molecule has 1 fully saturated rings. The molecule has 8 heteroatoms. The van der Waals surface area contributed by atoms with E-state index >= 15 is 0 Å². The summed E-state index contributed by atoms with van der Waals surface area (Å²) in [6.45, 7) is 0. The number of carboxylic acid groups (broad SMARTS) is 1. The van der Waals surface area contributed by atoms with E-state index in [2.05, 4.69) is 25.9 Å². The summed E-state index contributed by atoms with van der Waals surface area (Å²) in [5.74, 6) is -1.70. The largest absolute Gasteiger partial charge is 0.481 e. The van der Waals surface area contributed by atoms with Crippen molar-refractivity contribution in [1.29, 1.82) is 0 Å². The molecule has 1 aromatic carbocycles. The number of tetrazole rings is 1. The number of aromatic nitrogens is 4. The molecular weight excluding hydrogens is 274 g/mol. The summed E-state index contributed by atoms with van der Waals surface area (Å²) < 4.78 is 0. The third-order valence-electron chi connectivity index (χ3n) is 3.68. The predicted molar refractivity (Wildman–Crippen MR) is 72.1 cm³/mol. The maximum atomic E-state index is 12.0. The quantitative estimate of drug-likeness (QED) is 0.768. The molecule has 1 aliphatic rings. The zero-order valence-electron chi connectivity index (χ0n) is 11.0. The second kappa shape index (κ2) is 5.31. The van der Waals surface area contributed by atoms with E-state index in [1.807, 2.05) is 0 Å². The summed E-state index contributed by atoms with van der Waals surface area (Å²) in [5.41, 5.74) is 1.39. The normalized spacial score (nSPS) is 20.6. The number of rotatable bonds is 4. The van der Waals surface area contributed by atoms with Gasteiger partial charge >= 0.3 is 5.97 Å². The average molecular weight is 287 g/mol. The van der Waals surface area contributed by atoms with Crippen molar-refractivity contribution < 1.29 is 14.7 Å². The third-order valence-corrected chi connectivity index (χ3v) is 3.68. The second-order valence-electron chi connectivity index (χ2n) is 4.93. The van der Waals surface area contributed by atoms with Crippen molar-refractivity contribution in [2.24, 2.45) is 11.8 Å². The van der Waals surface area contributed by atoms with Crippen molar-refractivity contribution in [3.05, 3.63) is 24.3 Å². The van der Waals surface area contributed by atoms with Crippen LogP contribution in [0.1, 0.15) is 12.8 Å². The molecule has 1 aliphatic carbocycles. The first-order valence-electron chi connectivity index (χ1n) is 6.52. The van der Waals surface area contributed by atoms with Crippen LogP contribution >= 0.6 is 0 Å². The molecule has 1 heterocycles. The van der Waals surface area contributed by atoms with Gasteiger partial charge in [-0.05, 0) is 42.3 Å². The van der Waals surface area contributed by atoms with Crippen LogP contribution in [-0.2, 0) is 9.59 Å². The molecule has 0 spiro atoms. The average Bonchev–Trinajstić information content (AvgIpc) is 2.91. The number of nitrogens with zero attached hydrogens (tertiary/aromatic N) is 3. The van der Waals surface area contributed by atoms with Crippen molar-refractivity contribution in [3.63, 3.8) is 0 Å². The molecule has 1 aromatic heterocycles. The molecule has 3 N–H and O–H groups in total. The predicted octanol–water partition coefficient (Wildman–Crippen LogP) is 0.916. The summed E-state index contributed by atoms with van der Waals surface area (Å²) in [6, 6.07) is 6.96. The van der Waals surface area contributed by atoms with Gasteiger partial charge in [-0.2, -0.15) is 5.21 Å². The van der Waals surface area contributed by atoms with Crippen LogP contribution in [0, 0.1) is 11.8 Å². The summed E-state index contributed by atoms with van der Waals surface area (Å²) in [6.07, 6.45) is 1.17. The third kappa shape index (κ3) is 2.60. The van der Waals surface area contributed by atoms with Crippen LogP contribution in [0.2, 0.25) is 0 Å². The smallest absolute Gasteiger partial charge is 0.307 e. The Labute approximate surface area is 119 Å². The number of hydrogen-bond acceptors (Lipinski definition) is 5. The number of aromatic amines is 1. The first-order valence-corrected chi connectivity index (χ1v) is 6.52. The summed E-state index contributed by atoms with van der Waals surface area (Å²) in [5, 5.41) is 25.2. The van der Waals surface area contributed by atoms with Gasteiger partial charge in [0, 0.05) is 11.3 Å². The Morgan fingerprint density at radius 1 is 1.19 bits per heavy atom. The SMILES string of the molecule is O=C(O)C1CCC1C(=O)Nc1ccc(-c2nn[nH]n2)cc1. The Balaban J connectivity index is 1.65. The summed E-state index contributed by atoms with van der Waals surface area (Å²) in [4.78, 5) is 22.9. The van der Waals surface area contributed by atoms with Crippen LogP contribution in [0.3, 0.4) is 0 Å². The lowest BCUT2D eigenvalue weighted by Gasteiger charge is -2.31. The monoisotopic (exact) mass is 287 g/mol. The maximum Gasteiger partial charge on any atom is 0.307 e. The van der Waals surface area contributed by atoms with Crippen molar-refractivity contribution in [3.8, 4) is 11.4 Å². The molecule has 2 atom stereocenters. The molecule has 0 bridgehead atoms. The van der Waals surface area contributed by atoms with Gasteiger partial charge in [-0.3, -0.25) is 9.59 Å². The fraction of sp³-hybridized carbons (Fsp3) is 0.308. The van der Waals surface area contributed by atoms with Gasteiger partial charge in [0.2, 0.25) is 11.7 Å². The van der Waals surface area contributed by atoms with Crippen LogP contribution in [0.5, 0.6) is 0 Å². The molecule has 2 aromatic rings. The van der Waals surface area contributed by atoms with Crippen molar-refractivity contribution >= 4 is 17.6 Å². The highest BCUT2D eigenvalue weighted by atomic mass is 16.4. The van der Waals surface area contributed by atoms with Gasteiger partial charge in [-0.1, -0.05) is 0 Å².